The number of benzene rings is 2. The maximum Gasteiger partial charge on any atom is 0.213 e. The van der Waals surface area contributed by atoms with E-state index in [1.165, 1.54) is 0 Å². The van der Waals surface area contributed by atoms with Crippen LogP contribution >= 0.6 is 11.6 Å². The lowest BCUT2D eigenvalue weighted by atomic mass is 10.2. The Morgan fingerprint density at radius 3 is 2.73 bits per heavy atom. The van der Waals surface area contributed by atoms with Gasteiger partial charge in [-0.15, -0.1) is 0 Å². The fourth-order valence-electron chi connectivity index (χ4n) is 3.34. The highest BCUT2D eigenvalue weighted by Crippen LogP contribution is 2.23. The molecule has 3 rings (SSSR count). The van der Waals surface area contributed by atoms with E-state index in [0.29, 0.717) is 5.96 Å². The van der Waals surface area contributed by atoms with Gasteiger partial charge in [0.25, 0.3) is 0 Å². The van der Waals surface area contributed by atoms with E-state index in [-0.39, 0.29) is 24.9 Å². The monoisotopic (exact) mass is 449 g/mol. The fraction of sp³-hybridized carbons (Fsp3) is 0.381. The number of guanidine groups is 1. The van der Waals surface area contributed by atoms with Crippen LogP contribution in [-0.4, -0.2) is 52.9 Å². The first-order valence-corrected chi connectivity index (χ1v) is 12.0. The van der Waals surface area contributed by atoms with E-state index in [2.05, 4.69) is 31.3 Å². The van der Waals surface area contributed by atoms with Crippen LogP contribution in [0.3, 0.4) is 0 Å². The number of rotatable bonds is 8. The van der Waals surface area contributed by atoms with Gasteiger partial charge in [0, 0.05) is 50.0 Å². The zero-order valence-electron chi connectivity index (χ0n) is 17.0. The van der Waals surface area contributed by atoms with Gasteiger partial charge >= 0.3 is 0 Å². The first-order chi connectivity index (χ1) is 14.4. The van der Waals surface area contributed by atoms with Crippen molar-refractivity contribution in [2.24, 2.45) is 4.99 Å². The molecule has 0 bridgehead atoms. The molecule has 1 fully saturated rings. The van der Waals surface area contributed by atoms with Crippen molar-refractivity contribution in [2.45, 2.75) is 19.0 Å². The highest BCUT2D eigenvalue weighted by Gasteiger charge is 2.23. The molecule has 0 aliphatic carbocycles. The fourth-order valence-corrected chi connectivity index (χ4v) is 4.42. The average molecular weight is 450 g/mol. The van der Waals surface area contributed by atoms with Crippen molar-refractivity contribution < 1.29 is 8.42 Å². The van der Waals surface area contributed by atoms with Crippen LogP contribution in [0.15, 0.2) is 59.6 Å². The molecule has 1 atom stereocenters. The molecule has 2 aromatic rings. The predicted molar refractivity (Wildman–Crippen MR) is 124 cm³/mol. The number of halogens is 1. The van der Waals surface area contributed by atoms with Crippen molar-refractivity contribution in [3.05, 3.63) is 65.2 Å². The van der Waals surface area contributed by atoms with Crippen LogP contribution in [0.25, 0.3) is 0 Å². The first kappa shape index (κ1) is 22.4. The minimum Gasteiger partial charge on any atom is -0.369 e. The molecule has 0 aromatic heterocycles. The lowest BCUT2D eigenvalue weighted by Crippen LogP contribution is -2.46. The van der Waals surface area contributed by atoms with Crippen LogP contribution in [0.4, 0.5) is 5.69 Å². The van der Waals surface area contributed by atoms with E-state index >= 15 is 0 Å². The van der Waals surface area contributed by atoms with Gasteiger partial charge in [0.2, 0.25) is 10.0 Å². The molecule has 0 radical (unpaired) electrons. The summed E-state index contributed by atoms with van der Waals surface area (Å²) in [5.41, 5.74) is 2.03. The van der Waals surface area contributed by atoms with Gasteiger partial charge in [-0.05, 0) is 30.2 Å². The van der Waals surface area contributed by atoms with Gasteiger partial charge in [-0.25, -0.2) is 13.1 Å². The minimum absolute atomic E-state index is 0.0279. The summed E-state index contributed by atoms with van der Waals surface area (Å²) in [5, 5.41) is 7.19. The lowest BCUT2D eigenvalue weighted by molar-refractivity contribution is 0.579. The van der Waals surface area contributed by atoms with Crippen molar-refractivity contribution in [1.29, 1.82) is 0 Å². The molecule has 1 aliphatic rings. The lowest BCUT2D eigenvalue weighted by Gasteiger charge is -2.20. The molecule has 1 heterocycles. The van der Waals surface area contributed by atoms with E-state index < -0.39 is 10.0 Å². The van der Waals surface area contributed by atoms with E-state index in [1.54, 1.807) is 7.05 Å². The summed E-state index contributed by atoms with van der Waals surface area (Å²) >= 11 is 6.09. The normalized spacial score (nSPS) is 17.2. The standard InChI is InChI=1S/C21H28ClN5O2S/c1-23-21(24-11-13-30(28,29)25-15-17-6-3-2-4-7-17)26-19-10-12-27(16-19)20-9-5-8-18(22)14-20/h2-9,14,19,25H,10-13,15-16H2,1H3,(H2,23,24,26). The van der Waals surface area contributed by atoms with Crippen LogP contribution in [-0.2, 0) is 16.6 Å². The van der Waals surface area contributed by atoms with Crippen molar-refractivity contribution in [3.8, 4) is 0 Å². The molecule has 9 heteroatoms. The Labute approximate surface area is 183 Å². The zero-order chi connectivity index (χ0) is 21.4. The summed E-state index contributed by atoms with van der Waals surface area (Å²) in [6.45, 7) is 2.32. The molecule has 30 heavy (non-hydrogen) atoms. The highest BCUT2D eigenvalue weighted by atomic mass is 35.5. The maximum atomic E-state index is 12.2. The molecule has 162 valence electrons. The number of anilines is 1. The number of nitrogens with one attached hydrogen (secondary N) is 3. The molecule has 3 N–H and O–H groups in total. The Bertz CT molecular complexity index is 953. The van der Waals surface area contributed by atoms with Crippen molar-refractivity contribution in [1.82, 2.24) is 15.4 Å². The Morgan fingerprint density at radius 2 is 2.00 bits per heavy atom. The average Bonchev–Trinajstić information content (AvgIpc) is 3.21. The van der Waals surface area contributed by atoms with E-state index in [1.807, 2.05) is 48.5 Å². The number of aliphatic imine (C=N–C) groups is 1. The summed E-state index contributed by atoms with van der Waals surface area (Å²) in [4.78, 5) is 6.49. The third kappa shape index (κ3) is 6.90. The van der Waals surface area contributed by atoms with Crippen molar-refractivity contribution >= 4 is 33.3 Å². The van der Waals surface area contributed by atoms with Crippen molar-refractivity contribution in [3.63, 3.8) is 0 Å². The Hall–Kier alpha value is -2.29. The summed E-state index contributed by atoms with van der Waals surface area (Å²) < 4.78 is 27.1. The van der Waals surface area contributed by atoms with Gasteiger partial charge in [-0.1, -0.05) is 48.0 Å². The second-order valence-electron chi connectivity index (χ2n) is 7.18. The molecular weight excluding hydrogens is 422 g/mol. The molecule has 0 saturated carbocycles. The Kier molecular flexibility index (Phi) is 7.95. The Morgan fingerprint density at radius 1 is 1.20 bits per heavy atom. The molecule has 0 spiro atoms. The van der Waals surface area contributed by atoms with Gasteiger partial charge in [0.15, 0.2) is 5.96 Å². The number of sulfonamides is 1. The van der Waals surface area contributed by atoms with Gasteiger partial charge in [0.1, 0.15) is 0 Å². The van der Waals surface area contributed by atoms with Crippen LogP contribution in [0.5, 0.6) is 0 Å². The molecular formula is C21H28ClN5O2S. The van der Waals surface area contributed by atoms with Crippen LogP contribution in [0, 0.1) is 0 Å². The van der Waals surface area contributed by atoms with E-state index in [4.69, 9.17) is 11.6 Å². The Balaban J connectivity index is 1.41. The van der Waals surface area contributed by atoms with Crippen LogP contribution in [0.1, 0.15) is 12.0 Å². The van der Waals surface area contributed by atoms with Crippen LogP contribution < -0.4 is 20.3 Å². The molecule has 0 amide bonds. The zero-order valence-corrected chi connectivity index (χ0v) is 18.6. The summed E-state index contributed by atoms with van der Waals surface area (Å²) in [6, 6.07) is 17.5. The topological polar surface area (TPSA) is 85.8 Å². The quantitative estimate of drug-likeness (QED) is 0.425. The largest absolute Gasteiger partial charge is 0.369 e. The van der Waals surface area contributed by atoms with E-state index in [0.717, 1.165) is 35.8 Å². The van der Waals surface area contributed by atoms with Gasteiger partial charge in [-0.3, -0.25) is 4.99 Å². The number of hydrogen-bond acceptors (Lipinski definition) is 4. The number of hydrogen-bond donors (Lipinski definition) is 3. The SMILES string of the molecule is CN=C(NCCS(=O)(=O)NCc1ccccc1)NC1CCN(c2cccc(Cl)c2)C1. The third-order valence-corrected chi connectivity index (χ3v) is 6.49. The summed E-state index contributed by atoms with van der Waals surface area (Å²) in [5.74, 6) is 0.575. The molecule has 1 unspecified atom stereocenters. The maximum absolute atomic E-state index is 12.2. The summed E-state index contributed by atoms with van der Waals surface area (Å²) in [6.07, 6.45) is 0.962. The summed E-state index contributed by atoms with van der Waals surface area (Å²) in [7, 11) is -1.69. The highest BCUT2D eigenvalue weighted by molar-refractivity contribution is 7.89. The second kappa shape index (κ2) is 10.7. The second-order valence-corrected chi connectivity index (χ2v) is 9.54. The minimum atomic E-state index is -3.38. The smallest absolute Gasteiger partial charge is 0.213 e. The van der Waals surface area contributed by atoms with Gasteiger partial charge < -0.3 is 15.5 Å². The van der Waals surface area contributed by atoms with Gasteiger partial charge in [-0.2, -0.15) is 0 Å². The molecule has 7 nitrogen and oxygen atoms in total. The van der Waals surface area contributed by atoms with E-state index in [9.17, 15) is 8.42 Å². The number of nitrogens with zero attached hydrogens (tertiary/aromatic N) is 2. The van der Waals surface area contributed by atoms with Crippen LogP contribution in [0.2, 0.25) is 5.02 Å². The first-order valence-electron chi connectivity index (χ1n) is 9.94. The third-order valence-electron chi connectivity index (χ3n) is 4.93. The predicted octanol–water partition coefficient (Wildman–Crippen LogP) is 2.20. The van der Waals surface area contributed by atoms with Crippen molar-refractivity contribution in [2.75, 3.05) is 37.3 Å². The molecule has 1 saturated heterocycles. The molecule has 1 aliphatic heterocycles. The van der Waals surface area contributed by atoms with Gasteiger partial charge in [0.05, 0.1) is 5.75 Å². The molecule has 2 aromatic carbocycles.